The first-order valence-corrected chi connectivity index (χ1v) is 8.00. The standard InChI is InChI=1S/C6H12O11P2/c7-3-2-1-14-19(13,17-18(10,11)12)16-6(15-2)5(9)4(3)8/h2-9H,1H2,(H2,10,11,12)/t2-,3-,4+,5-,6?,19?/m1/s1. The zero-order chi connectivity index (χ0) is 14.4. The van der Waals surface area contributed by atoms with Gasteiger partial charge in [-0.05, 0) is 0 Å². The summed E-state index contributed by atoms with van der Waals surface area (Å²) in [7, 11) is -9.89. The molecule has 2 heterocycles. The molecule has 13 heteroatoms. The molecule has 2 rings (SSSR count). The molecule has 0 radical (unpaired) electrons. The number of aliphatic hydroxyl groups excluding tert-OH is 3. The van der Waals surface area contributed by atoms with Crippen LogP contribution in [0.25, 0.3) is 0 Å². The fraction of sp³-hybridized carbons (Fsp3) is 1.00. The Hall–Kier alpha value is 0.1000. The predicted octanol–water partition coefficient (Wildman–Crippen LogP) is -1.94. The second-order valence-corrected chi connectivity index (χ2v) is 6.93. The lowest BCUT2D eigenvalue weighted by Crippen LogP contribution is -2.58. The van der Waals surface area contributed by atoms with Gasteiger partial charge in [0, 0.05) is 0 Å². The third-order valence-electron chi connectivity index (χ3n) is 2.50. The molecule has 11 nitrogen and oxygen atoms in total. The zero-order valence-electron chi connectivity index (χ0n) is 9.17. The Morgan fingerprint density at radius 1 is 1.16 bits per heavy atom. The highest BCUT2D eigenvalue weighted by Crippen LogP contribution is 2.63. The highest BCUT2D eigenvalue weighted by atomic mass is 31.3. The van der Waals surface area contributed by atoms with Crippen molar-refractivity contribution < 1.29 is 52.3 Å². The second-order valence-electron chi connectivity index (χ2n) is 3.94. The van der Waals surface area contributed by atoms with Gasteiger partial charge in [0.15, 0.2) is 6.29 Å². The molecule has 0 saturated carbocycles. The van der Waals surface area contributed by atoms with Gasteiger partial charge in [-0.3, -0.25) is 9.05 Å². The molecule has 0 aromatic heterocycles. The summed E-state index contributed by atoms with van der Waals surface area (Å²) in [5.74, 6) is 0. The van der Waals surface area contributed by atoms with Crippen LogP contribution in [0.5, 0.6) is 0 Å². The third kappa shape index (κ3) is 3.41. The average Bonchev–Trinajstić information content (AvgIpc) is 2.40. The van der Waals surface area contributed by atoms with Gasteiger partial charge in [-0.2, -0.15) is 4.31 Å². The van der Waals surface area contributed by atoms with E-state index in [2.05, 4.69) is 13.4 Å². The lowest BCUT2D eigenvalue weighted by atomic mass is 10.00. The van der Waals surface area contributed by atoms with Crippen LogP contribution in [0, 0.1) is 0 Å². The van der Waals surface area contributed by atoms with E-state index in [9.17, 15) is 24.4 Å². The molecule has 112 valence electrons. The fourth-order valence-corrected chi connectivity index (χ4v) is 3.84. The van der Waals surface area contributed by atoms with Crippen LogP contribution in [0.15, 0.2) is 0 Å². The van der Waals surface area contributed by atoms with E-state index in [0.717, 1.165) is 0 Å². The molecule has 6 atom stereocenters. The van der Waals surface area contributed by atoms with E-state index in [0.29, 0.717) is 0 Å². The van der Waals surface area contributed by atoms with E-state index in [1.165, 1.54) is 0 Å². The molecule has 0 amide bonds. The largest absolute Gasteiger partial charge is 0.486 e. The Balaban J connectivity index is 2.22. The van der Waals surface area contributed by atoms with Crippen molar-refractivity contribution in [1.82, 2.24) is 0 Å². The smallest absolute Gasteiger partial charge is 0.387 e. The summed E-state index contributed by atoms with van der Waals surface area (Å²) in [6.45, 7) is -0.612. The molecule has 0 aromatic carbocycles. The van der Waals surface area contributed by atoms with Crippen molar-refractivity contribution in [2.24, 2.45) is 0 Å². The molecule has 0 aliphatic carbocycles. The fourth-order valence-electron chi connectivity index (χ4n) is 1.64. The quantitative estimate of drug-likeness (QED) is 0.358. The van der Waals surface area contributed by atoms with E-state index in [1.807, 2.05) is 0 Å². The normalized spacial score (nSPS) is 47.7. The lowest BCUT2D eigenvalue weighted by molar-refractivity contribution is -0.267. The molecule has 2 bridgehead atoms. The molecule has 5 N–H and O–H groups in total. The molecule has 0 aromatic rings. The van der Waals surface area contributed by atoms with E-state index in [4.69, 9.17) is 14.5 Å². The van der Waals surface area contributed by atoms with E-state index in [1.54, 1.807) is 0 Å². The van der Waals surface area contributed by atoms with Crippen LogP contribution >= 0.6 is 15.6 Å². The molecule has 2 aliphatic rings. The van der Waals surface area contributed by atoms with Crippen molar-refractivity contribution in [3.8, 4) is 0 Å². The average molecular weight is 322 g/mol. The van der Waals surface area contributed by atoms with Gasteiger partial charge in [0.25, 0.3) is 0 Å². The van der Waals surface area contributed by atoms with Crippen LogP contribution in [-0.2, 0) is 27.2 Å². The number of ether oxygens (including phenoxy) is 1. The van der Waals surface area contributed by atoms with Crippen molar-refractivity contribution in [3.63, 3.8) is 0 Å². The molecular formula is C6H12O11P2. The number of hydrogen-bond acceptors (Lipinski definition) is 9. The first kappa shape index (κ1) is 15.5. The van der Waals surface area contributed by atoms with E-state index >= 15 is 0 Å². The van der Waals surface area contributed by atoms with Gasteiger partial charge in [-0.25, -0.2) is 9.13 Å². The van der Waals surface area contributed by atoms with Gasteiger partial charge in [-0.15, -0.1) is 0 Å². The first-order valence-electron chi connectivity index (χ1n) is 5.01. The zero-order valence-corrected chi connectivity index (χ0v) is 11.0. The minimum absolute atomic E-state index is 0.612. The Labute approximate surface area is 106 Å². The Morgan fingerprint density at radius 2 is 1.79 bits per heavy atom. The number of phosphoric ester groups is 1. The first-order chi connectivity index (χ1) is 8.61. The highest BCUT2D eigenvalue weighted by molar-refractivity contribution is 7.61. The summed E-state index contributed by atoms with van der Waals surface area (Å²) in [6.07, 6.45) is -7.91. The van der Waals surface area contributed by atoms with Crippen molar-refractivity contribution in [2.75, 3.05) is 6.61 Å². The molecular weight excluding hydrogens is 310 g/mol. The maximum absolute atomic E-state index is 11.9. The van der Waals surface area contributed by atoms with Gasteiger partial charge in [0.05, 0.1) is 6.61 Å². The van der Waals surface area contributed by atoms with Crippen LogP contribution in [0.1, 0.15) is 0 Å². The molecule has 2 fully saturated rings. The maximum Gasteiger partial charge on any atom is 0.486 e. The summed E-state index contributed by atoms with van der Waals surface area (Å²) in [5, 5.41) is 28.5. The van der Waals surface area contributed by atoms with Gasteiger partial charge in [0.1, 0.15) is 24.4 Å². The molecule has 2 saturated heterocycles. The third-order valence-corrected chi connectivity index (χ3v) is 5.09. The summed E-state index contributed by atoms with van der Waals surface area (Å²) in [4.78, 5) is 17.2. The maximum atomic E-state index is 11.9. The summed E-state index contributed by atoms with van der Waals surface area (Å²) >= 11 is 0. The topological polar surface area (TPSA) is 172 Å². The van der Waals surface area contributed by atoms with Crippen molar-refractivity contribution in [3.05, 3.63) is 0 Å². The monoisotopic (exact) mass is 322 g/mol. The number of rotatable bonds is 2. The molecule has 2 aliphatic heterocycles. The van der Waals surface area contributed by atoms with Crippen LogP contribution < -0.4 is 0 Å². The number of phosphoric acid groups is 2. The van der Waals surface area contributed by atoms with Gasteiger partial charge in [-0.1, -0.05) is 0 Å². The van der Waals surface area contributed by atoms with Crippen molar-refractivity contribution in [1.29, 1.82) is 0 Å². The summed E-state index contributed by atoms with van der Waals surface area (Å²) in [5.41, 5.74) is 0. The molecule has 0 spiro atoms. The number of fused-ring (bicyclic) bond motifs is 2. The van der Waals surface area contributed by atoms with Crippen LogP contribution in [0.2, 0.25) is 0 Å². The Kier molecular flexibility index (Phi) is 4.19. The van der Waals surface area contributed by atoms with Crippen molar-refractivity contribution in [2.45, 2.75) is 30.7 Å². The molecule has 2 unspecified atom stereocenters. The highest BCUT2D eigenvalue weighted by Gasteiger charge is 2.52. The van der Waals surface area contributed by atoms with Gasteiger partial charge in [0.2, 0.25) is 0 Å². The lowest BCUT2D eigenvalue weighted by Gasteiger charge is -2.37. The minimum Gasteiger partial charge on any atom is -0.387 e. The van der Waals surface area contributed by atoms with E-state index < -0.39 is 53.0 Å². The van der Waals surface area contributed by atoms with E-state index in [-0.39, 0.29) is 0 Å². The summed E-state index contributed by atoms with van der Waals surface area (Å²) < 4.78 is 40.5. The van der Waals surface area contributed by atoms with Crippen LogP contribution in [-0.4, -0.2) is 62.4 Å². The Morgan fingerprint density at radius 3 is 2.37 bits per heavy atom. The number of hydrogen-bond donors (Lipinski definition) is 5. The second kappa shape index (κ2) is 5.14. The van der Waals surface area contributed by atoms with Gasteiger partial charge >= 0.3 is 15.6 Å². The minimum atomic E-state index is -5.18. The van der Waals surface area contributed by atoms with Crippen LogP contribution in [0.4, 0.5) is 0 Å². The SMILES string of the molecule is O=P(O)(O)OP1(=O)OC[C@H]2OC(O1)[C@H](O)[C@@H](O)[C@@H]2O. The van der Waals surface area contributed by atoms with Gasteiger partial charge < -0.3 is 29.8 Å². The summed E-state index contributed by atoms with van der Waals surface area (Å²) in [6, 6.07) is 0. The van der Waals surface area contributed by atoms with Crippen LogP contribution in [0.3, 0.4) is 0 Å². The Bertz CT molecular complexity index is 431. The number of aliphatic hydroxyl groups is 3. The van der Waals surface area contributed by atoms with Crippen molar-refractivity contribution >= 4 is 15.6 Å². The predicted molar refractivity (Wildman–Crippen MR) is 54.5 cm³/mol. The molecule has 19 heavy (non-hydrogen) atoms.